The van der Waals surface area contributed by atoms with Crippen LogP contribution in [-0.2, 0) is 9.53 Å². The fourth-order valence-corrected chi connectivity index (χ4v) is 4.83. The maximum atomic E-state index is 12.1. The number of ether oxygens (including phenoxy) is 2. The van der Waals surface area contributed by atoms with Crippen LogP contribution < -0.4 is 4.74 Å². The molecule has 0 amide bonds. The summed E-state index contributed by atoms with van der Waals surface area (Å²) in [4.78, 5) is 12.1. The minimum Gasteiger partial charge on any atom is -0.496 e. The van der Waals surface area contributed by atoms with Crippen molar-refractivity contribution in [2.75, 3.05) is 13.7 Å². The lowest BCUT2D eigenvalue weighted by atomic mass is 9.96. The molecule has 0 aromatic heterocycles. The second-order valence-corrected chi connectivity index (χ2v) is 11.4. The zero-order valence-corrected chi connectivity index (χ0v) is 26.9. The summed E-state index contributed by atoms with van der Waals surface area (Å²) in [6, 6.07) is 2.10. The molecule has 0 bridgehead atoms. The summed E-state index contributed by atoms with van der Waals surface area (Å²) in [5.74, 6) is 0.856. The molecular weight excluding hydrogens is 492 g/mol. The number of rotatable bonds is 21. The van der Waals surface area contributed by atoms with Gasteiger partial charge in [-0.3, -0.25) is 4.79 Å². The van der Waals surface area contributed by atoms with Crippen molar-refractivity contribution < 1.29 is 14.3 Å². The number of esters is 1. The van der Waals surface area contributed by atoms with Crippen LogP contribution in [0.25, 0.3) is 6.08 Å². The monoisotopic (exact) mass is 550 g/mol. The van der Waals surface area contributed by atoms with Gasteiger partial charge in [-0.05, 0) is 74.9 Å². The van der Waals surface area contributed by atoms with Gasteiger partial charge in [0, 0.05) is 6.42 Å². The molecular formula is C37H58O3. The number of unbranched alkanes of at least 4 members (excludes halogenated alkanes) is 12. The number of benzene rings is 1. The van der Waals surface area contributed by atoms with E-state index in [0.717, 1.165) is 24.2 Å². The standard InChI is InChI=1S/C37H58O3/c1-8-9-10-11-12-13-14-15-16-17-18-19-20-25-37(38)40-29-31(3)24-22-21-23-30(2)26-27-35-32(4)28-36(39-7)34(6)33(35)5/h21-24,26-28H,8-20,25,29H2,1-7H3. The number of hydrogen-bond acceptors (Lipinski definition) is 3. The van der Waals surface area contributed by atoms with E-state index in [-0.39, 0.29) is 5.97 Å². The molecule has 0 aliphatic carbocycles. The van der Waals surface area contributed by atoms with Crippen molar-refractivity contribution in [3.05, 3.63) is 69.8 Å². The zero-order chi connectivity index (χ0) is 29.6. The number of carbonyl (C=O) groups is 1. The molecule has 0 heterocycles. The largest absolute Gasteiger partial charge is 0.496 e. The van der Waals surface area contributed by atoms with E-state index in [1.54, 1.807) is 7.11 Å². The van der Waals surface area contributed by atoms with Gasteiger partial charge in [-0.2, -0.15) is 0 Å². The highest BCUT2D eigenvalue weighted by molar-refractivity contribution is 5.69. The zero-order valence-electron chi connectivity index (χ0n) is 26.9. The highest BCUT2D eigenvalue weighted by Crippen LogP contribution is 2.28. The Morgan fingerprint density at radius 1 is 0.775 bits per heavy atom. The number of aryl methyl sites for hydroxylation is 1. The van der Waals surface area contributed by atoms with E-state index in [9.17, 15) is 4.79 Å². The summed E-state index contributed by atoms with van der Waals surface area (Å²) >= 11 is 0. The molecule has 0 aliphatic heterocycles. The first kappa shape index (κ1) is 35.5. The lowest BCUT2D eigenvalue weighted by molar-refractivity contribution is -0.142. The predicted molar refractivity (Wildman–Crippen MR) is 174 cm³/mol. The number of hydrogen-bond donors (Lipinski definition) is 0. The minimum atomic E-state index is -0.0833. The fraction of sp³-hybridized carbons (Fsp3) is 0.595. The average Bonchev–Trinajstić information content (AvgIpc) is 2.94. The number of carbonyl (C=O) groups excluding carboxylic acids is 1. The van der Waals surface area contributed by atoms with Gasteiger partial charge in [0.15, 0.2) is 0 Å². The van der Waals surface area contributed by atoms with Gasteiger partial charge in [0.2, 0.25) is 0 Å². The van der Waals surface area contributed by atoms with Crippen molar-refractivity contribution >= 4 is 12.0 Å². The number of allylic oxidation sites excluding steroid dienone is 6. The lowest BCUT2D eigenvalue weighted by Gasteiger charge is -2.13. The molecule has 40 heavy (non-hydrogen) atoms. The second kappa shape index (κ2) is 22.2. The molecule has 1 rings (SSSR count). The molecule has 0 aliphatic rings. The summed E-state index contributed by atoms with van der Waals surface area (Å²) in [5, 5.41) is 0. The molecule has 0 fully saturated rings. The maximum absolute atomic E-state index is 12.1. The molecule has 0 saturated carbocycles. The van der Waals surface area contributed by atoms with Crippen molar-refractivity contribution in [2.45, 2.75) is 131 Å². The van der Waals surface area contributed by atoms with Gasteiger partial charge >= 0.3 is 5.97 Å². The van der Waals surface area contributed by atoms with Crippen molar-refractivity contribution in [1.82, 2.24) is 0 Å². The highest BCUT2D eigenvalue weighted by atomic mass is 16.5. The van der Waals surface area contributed by atoms with Crippen molar-refractivity contribution in [3.8, 4) is 5.75 Å². The van der Waals surface area contributed by atoms with Crippen LogP contribution in [0.3, 0.4) is 0 Å². The Morgan fingerprint density at radius 3 is 1.90 bits per heavy atom. The topological polar surface area (TPSA) is 35.5 Å². The van der Waals surface area contributed by atoms with Crippen molar-refractivity contribution in [1.29, 1.82) is 0 Å². The Kier molecular flexibility index (Phi) is 19.7. The Labute approximate surface area is 246 Å². The van der Waals surface area contributed by atoms with Crippen LogP contribution in [-0.4, -0.2) is 19.7 Å². The molecule has 0 N–H and O–H groups in total. The Bertz CT molecular complexity index is 978. The van der Waals surface area contributed by atoms with E-state index in [1.165, 1.54) is 98.5 Å². The van der Waals surface area contributed by atoms with Gasteiger partial charge in [0.05, 0.1) is 7.11 Å². The van der Waals surface area contributed by atoms with Gasteiger partial charge in [0.1, 0.15) is 12.4 Å². The molecule has 1 aromatic rings. The molecule has 1 aromatic carbocycles. The van der Waals surface area contributed by atoms with Crippen LogP contribution in [0.5, 0.6) is 5.75 Å². The third-order valence-corrected chi connectivity index (χ3v) is 7.64. The Hall–Kier alpha value is -2.55. The Balaban J connectivity index is 2.22. The average molecular weight is 551 g/mol. The van der Waals surface area contributed by atoms with Gasteiger partial charge < -0.3 is 9.47 Å². The highest BCUT2D eigenvalue weighted by Gasteiger charge is 2.08. The van der Waals surface area contributed by atoms with E-state index in [1.807, 2.05) is 25.2 Å². The SMILES string of the molecule is CCCCCCCCCCCCCCCC(=O)OCC(C)=CC=CC=C(C)C=Cc1c(C)cc(OC)c(C)c1C. The van der Waals surface area contributed by atoms with Gasteiger partial charge in [-0.1, -0.05) is 126 Å². The molecule has 0 spiro atoms. The van der Waals surface area contributed by atoms with Crippen LogP contribution in [0.4, 0.5) is 0 Å². The van der Waals surface area contributed by atoms with Crippen LogP contribution in [0.15, 0.2) is 47.6 Å². The lowest BCUT2D eigenvalue weighted by Crippen LogP contribution is -2.06. The van der Waals surface area contributed by atoms with Crippen LogP contribution in [0.1, 0.15) is 133 Å². The van der Waals surface area contributed by atoms with Gasteiger partial charge in [0.25, 0.3) is 0 Å². The van der Waals surface area contributed by atoms with E-state index in [2.05, 4.69) is 58.9 Å². The normalized spacial score (nSPS) is 12.6. The molecule has 3 heteroatoms. The number of methoxy groups -OCH3 is 1. The summed E-state index contributed by atoms with van der Waals surface area (Å²) in [6.45, 7) is 13.1. The van der Waals surface area contributed by atoms with E-state index in [0.29, 0.717) is 13.0 Å². The predicted octanol–water partition coefficient (Wildman–Crippen LogP) is 11.1. The second-order valence-electron chi connectivity index (χ2n) is 11.4. The Morgan fingerprint density at radius 2 is 1.32 bits per heavy atom. The first-order valence-electron chi connectivity index (χ1n) is 15.8. The van der Waals surface area contributed by atoms with Crippen LogP contribution in [0, 0.1) is 20.8 Å². The third kappa shape index (κ3) is 15.9. The van der Waals surface area contributed by atoms with Crippen LogP contribution in [0.2, 0.25) is 0 Å². The molecule has 0 unspecified atom stereocenters. The molecule has 0 radical (unpaired) electrons. The molecule has 0 saturated heterocycles. The molecule has 3 nitrogen and oxygen atoms in total. The molecule has 0 atom stereocenters. The van der Waals surface area contributed by atoms with Crippen molar-refractivity contribution in [2.24, 2.45) is 0 Å². The first-order valence-corrected chi connectivity index (χ1v) is 15.8. The minimum absolute atomic E-state index is 0.0833. The van der Waals surface area contributed by atoms with Crippen LogP contribution >= 0.6 is 0 Å². The van der Waals surface area contributed by atoms with Gasteiger partial charge in [-0.15, -0.1) is 0 Å². The summed E-state index contributed by atoms with van der Waals surface area (Å²) < 4.78 is 10.9. The summed E-state index contributed by atoms with van der Waals surface area (Å²) in [7, 11) is 1.72. The quantitative estimate of drug-likeness (QED) is 0.0867. The summed E-state index contributed by atoms with van der Waals surface area (Å²) in [5.41, 5.74) is 7.09. The third-order valence-electron chi connectivity index (χ3n) is 7.64. The molecule has 224 valence electrons. The fourth-order valence-electron chi connectivity index (χ4n) is 4.83. The van der Waals surface area contributed by atoms with E-state index < -0.39 is 0 Å². The van der Waals surface area contributed by atoms with Gasteiger partial charge in [-0.25, -0.2) is 0 Å². The smallest absolute Gasteiger partial charge is 0.306 e. The van der Waals surface area contributed by atoms with E-state index >= 15 is 0 Å². The van der Waals surface area contributed by atoms with Crippen molar-refractivity contribution in [3.63, 3.8) is 0 Å². The first-order chi connectivity index (χ1) is 19.3. The van der Waals surface area contributed by atoms with E-state index in [4.69, 9.17) is 9.47 Å². The maximum Gasteiger partial charge on any atom is 0.306 e. The summed E-state index contributed by atoms with van der Waals surface area (Å²) in [6.07, 6.45) is 30.0.